The van der Waals surface area contributed by atoms with Gasteiger partial charge in [-0.15, -0.1) is 11.3 Å². The summed E-state index contributed by atoms with van der Waals surface area (Å²) in [7, 11) is 0. The SMILES string of the molecule is Cc1nc(CN(CC(=O)O)C(C)C)sc1C. The first-order valence-electron chi connectivity index (χ1n) is 5.29. The lowest BCUT2D eigenvalue weighted by molar-refractivity contribution is -0.138. The van der Waals surface area contributed by atoms with Crippen LogP contribution < -0.4 is 0 Å². The quantitative estimate of drug-likeness (QED) is 0.858. The number of carbonyl (C=O) groups is 1. The molecule has 90 valence electrons. The molecule has 0 radical (unpaired) electrons. The number of carboxylic acids is 1. The Balaban J connectivity index is 2.71. The summed E-state index contributed by atoms with van der Waals surface area (Å²) in [6.07, 6.45) is 0. The van der Waals surface area contributed by atoms with E-state index in [2.05, 4.69) is 4.98 Å². The molecule has 0 bridgehead atoms. The minimum atomic E-state index is -0.793. The number of nitrogens with zero attached hydrogens (tertiary/aromatic N) is 2. The van der Waals surface area contributed by atoms with Crippen LogP contribution in [0.15, 0.2) is 0 Å². The average molecular weight is 242 g/mol. The molecule has 0 saturated carbocycles. The van der Waals surface area contributed by atoms with E-state index >= 15 is 0 Å². The summed E-state index contributed by atoms with van der Waals surface area (Å²) >= 11 is 1.64. The van der Waals surface area contributed by atoms with E-state index in [-0.39, 0.29) is 12.6 Å². The third kappa shape index (κ3) is 3.57. The molecule has 0 aliphatic carbocycles. The Hall–Kier alpha value is -0.940. The Labute approximate surface area is 99.9 Å². The Morgan fingerprint density at radius 3 is 2.50 bits per heavy atom. The Bertz CT molecular complexity index is 355. The first-order valence-corrected chi connectivity index (χ1v) is 6.10. The van der Waals surface area contributed by atoms with E-state index in [1.807, 2.05) is 32.6 Å². The van der Waals surface area contributed by atoms with E-state index in [1.165, 1.54) is 4.88 Å². The fourth-order valence-electron chi connectivity index (χ4n) is 1.38. The van der Waals surface area contributed by atoms with Gasteiger partial charge >= 0.3 is 5.97 Å². The highest BCUT2D eigenvalue weighted by molar-refractivity contribution is 7.11. The van der Waals surface area contributed by atoms with Gasteiger partial charge in [0, 0.05) is 10.9 Å². The summed E-state index contributed by atoms with van der Waals surface area (Å²) in [6, 6.07) is 0.209. The molecular weight excluding hydrogens is 224 g/mol. The van der Waals surface area contributed by atoms with Gasteiger partial charge in [-0.1, -0.05) is 0 Å². The number of hydrogen-bond acceptors (Lipinski definition) is 4. The molecule has 0 atom stereocenters. The molecule has 0 unspecified atom stereocenters. The zero-order chi connectivity index (χ0) is 12.3. The molecule has 0 aliphatic rings. The molecule has 1 N–H and O–H groups in total. The number of aliphatic carboxylic acids is 1. The third-order valence-electron chi connectivity index (χ3n) is 2.48. The van der Waals surface area contributed by atoms with Crippen molar-refractivity contribution in [2.24, 2.45) is 0 Å². The van der Waals surface area contributed by atoms with E-state index in [4.69, 9.17) is 5.11 Å². The van der Waals surface area contributed by atoms with Gasteiger partial charge in [0.05, 0.1) is 18.8 Å². The molecule has 16 heavy (non-hydrogen) atoms. The highest BCUT2D eigenvalue weighted by atomic mass is 32.1. The van der Waals surface area contributed by atoms with Gasteiger partial charge < -0.3 is 5.11 Å². The van der Waals surface area contributed by atoms with Crippen LogP contribution in [0.5, 0.6) is 0 Å². The second-order valence-electron chi connectivity index (χ2n) is 4.14. The lowest BCUT2D eigenvalue weighted by Gasteiger charge is -2.23. The van der Waals surface area contributed by atoms with Crippen LogP contribution in [-0.2, 0) is 11.3 Å². The van der Waals surface area contributed by atoms with Crippen LogP contribution in [0.4, 0.5) is 0 Å². The van der Waals surface area contributed by atoms with Crippen LogP contribution in [0.25, 0.3) is 0 Å². The lowest BCUT2D eigenvalue weighted by Crippen LogP contribution is -2.35. The minimum absolute atomic E-state index is 0.0648. The standard InChI is InChI=1S/C11H18N2O2S/c1-7(2)13(6-11(14)15)5-10-12-8(3)9(4)16-10/h7H,5-6H2,1-4H3,(H,14,15). The summed E-state index contributed by atoms with van der Waals surface area (Å²) in [5.41, 5.74) is 1.04. The number of hydrogen-bond donors (Lipinski definition) is 1. The summed E-state index contributed by atoms with van der Waals surface area (Å²) in [4.78, 5) is 18.2. The lowest BCUT2D eigenvalue weighted by atomic mass is 10.3. The van der Waals surface area contributed by atoms with Crippen LogP contribution in [0.3, 0.4) is 0 Å². The number of aryl methyl sites for hydroxylation is 2. The molecule has 4 nitrogen and oxygen atoms in total. The van der Waals surface area contributed by atoms with Crippen molar-refractivity contribution in [2.75, 3.05) is 6.54 Å². The molecule has 0 aromatic carbocycles. The highest BCUT2D eigenvalue weighted by Gasteiger charge is 2.15. The zero-order valence-corrected chi connectivity index (χ0v) is 11.0. The van der Waals surface area contributed by atoms with Gasteiger partial charge in [-0.05, 0) is 27.7 Å². The van der Waals surface area contributed by atoms with Gasteiger partial charge in [0.1, 0.15) is 5.01 Å². The van der Waals surface area contributed by atoms with Crippen LogP contribution in [-0.4, -0.2) is 33.5 Å². The number of carboxylic acid groups (broad SMARTS) is 1. The maximum Gasteiger partial charge on any atom is 0.317 e. The fourth-order valence-corrected chi connectivity index (χ4v) is 2.34. The minimum Gasteiger partial charge on any atom is -0.480 e. The highest BCUT2D eigenvalue weighted by Crippen LogP contribution is 2.18. The predicted molar refractivity (Wildman–Crippen MR) is 64.8 cm³/mol. The zero-order valence-electron chi connectivity index (χ0n) is 10.1. The fraction of sp³-hybridized carbons (Fsp3) is 0.636. The van der Waals surface area contributed by atoms with Crippen molar-refractivity contribution < 1.29 is 9.90 Å². The van der Waals surface area contributed by atoms with Gasteiger partial charge in [-0.3, -0.25) is 9.69 Å². The second-order valence-corrected chi connectivity index (χ2v) is 5.43. The van der Waals surface area contributed by atoms with Crippen molar-refractivity contribution in [3.05, 3.63) is 15.6 Å². The summed E-state index contributed by atoms with van der Waals surface area (Å²) in [5, 5.41) is 9.80. The van der Waals surface area contributed by atoms with Gasteiger partial charge in [0.2, 0.25) is 0 Å². The van der Waals surface area contributed by atoms with Crippen LogP contribution in [0.1, 0.15) is 29.4 Å². The van der Waals surface area contributed by atoms with Crippen molar-refractivity contribution in [3.8, 4) is 0 Å². The smallest absolute Gasteiger partial charge is 0.317 e. The Kier molecular flexibility index (Phi) is 4.44. The number of rotatable bonds is 5. The van der Waals surface area contributed by atoms with Gasteiger partial charge in [-0.25, -0.2) is 4.98 Å². The second kappa shape index (κ2) is 5.41. The molecule has 0 spiro atoms. The van der Waals surface area contributed by atoms with E-state index in [0.29, 0.717) is 6.54 Å². The van der Waals surface area contributed by atoms with Gasteiger partial charge in [-0.2, -0.15) is 0 Å². The molecule has 1 aromatic heterocycles. The molecule has 0 amide bonds. The molecule has 1 rings (SSSR count). The normalized spacial score (nSPS) is 11.4. The molecular formula is C11H18N2O2S. The maximum absolute atomic E-state index is 10.7. The first kappa shape index (κ1) is 13.1. The largest absolute Gasteiger partial charge is 0.480 e. The third-order valence-corrected chi connectivity index (χ3v) is 3.54. The van der Waals surface area contributed by atoms with Crippen LogP contribution in [0, 0.1) is 13.8 Å². The average Bonchev–Trinajstić information content (AvgIpc) is 2.44. The maximum atomic E-state index is 10.7. The van der Waals surface area contributed by atoms with E-state index < -0.39 is 5.97 Å². The molecule has 1 aromatic rings. The van der Waals surface area contributed by atoms with Crippen molar-refractivity contribution in [1.29, 1.82) is 0 Å². The topological polar surface area (TPSA) is 53.4 Å². The number of aromatic nitrogens is 1. The first-order chi connectivity index (χ1) is 7.40. The molecule has 0 fully saturated rings. The van der Waals surface area contributed by atoms with Crippen molar-refractivity contribution >= 4 is 17.3 Å². The van der Waals surface area contributed by atoms with Gasteiger partial charge in [0.15, 0.2) is 0 Å². The summed E-state index contributed by atoms with van der Waals surface area (Å²) in [6.45, 7) is 8.69. The molecule has 0 aliphatic heterocycles. The molecule has 0 saturated heterocycles. The van der Waals surface area contributed by atoms with Crippen molar-refractivity contribution in [3.63, 3.8) is 0 Å². The molecule has 1 heterocycles. The van der Waals surface area contributed by atoms with E-state index in [1.54, 1.807) is 11.3 Å². The van der Waals surface area contributed by atoms with E-state index in [0.717, 1.165) is 10.7 Å². The predicted octanol–water partition coefficient (Wildman–Crippen LogP) is 2.05. The molecule has 5 heteroatoms. The van der Waals surface area contributed by atoms with E-state index in [9.17, 15) is 4.79 Å². The number of thiazole rings is 1. The summed E-state index contributed by atoms with van der Waals surface area (Å²) < 4.78 is 0. The van der Waals surface area contributed by atoms with Crippen LogP contribution >= 0.6 is 11.3 Å². The van der Waals surface area contributed by atoms with Crippen LogP contribution in [0.2, 0.25) is 0 Å². The van der Waals surface area contributed by atoms with Gasteiger partial charge in [0.25, 0.3) is 0 Å². The Morgan fingerprint density at radius 2 is 2.12 bits per heavy atom. The van der Waals surface area contributed by atoms with Crippen molar-refractivity contribution in [1.82, 2.24) is 9.88 Å². The Morgan fingerprint density at radius 1 is 1.50 bits per heavy atom. The summed E-state index contributed by atoms with van der Waals surface area (Å²) in [5.74, 6) is -0.793. The van der Waals surface area contributed by atoms with Crippen molar-refractivity contribution in [2.45, 2.75) is 40.3 Å². The monoisotopic (exact) mass is 242 g/mol.